The van der Waals surface area contributed by atoms with Crippen LogP contribution >= 0.6 is 0 Å². The number of aromatic nitrogens is 5. The van der Waals surface area contributed by atoms with Gasteiger partial charge >= 0.3 is 0 Å². The van der Waals surface area contributed by atoms with Gasteiger partial charge in [0.05, 0.1) is 18.1 Å². The van der Waals surface area contributed by atoms with Gasteiger partial charge < -0.3 is 10.2 Å². The first kappa shape index (κ1) is 22.9. The third-order valence-corrected chi connectivity index (χ3v) is 6.99. The molecule has 1 saturated heterocycles. The van der Waals surface area contributed by atoms with Gasteiger partial charge in [-0.3, -0.25) is 9.58 Å². The van der Waals surface area contributed by atoms with Gasteiger partial charge in [-0.2, -0.15) is 5.10 Å². The largest absolute Gasteiger partial charge is 0.309 e. The predicted octanol–water partition coefficient (Wildman–Crippen LogP) is 4.04. The highest BCUT2D eigenvalue weighted by Crippen LogP contribution is 2.34. The zero-order valence-electron chi connectivity index (χ0n) is 20.0. The number of hydrogen-bond donors (Lipinski definition) is 1. The summed E-state index contributed by atoms with van der Waals surface area (Å²) in [6.45, 7) is 11.7. The van der Waals surface area contributed by atoms with Crippen molar-refractivity contribution in [1.82, 2.24) is 34.5 Å². The average Bonchev–Trinajstić information content (AvgIpc) is 3.19. The summed E-state index contributed by atoms with van der Waals surface area (Å²) in [4.78, 5) is 18.1. The standard InChI is InChI=1S/C25H33FN8/c1-3-32-10-12-33(13-11-32)17-19-7-8-22(27-14-19)30-25-28-16-21(26)23(31-25)20-15-29-34-9-5-4-6-18(2)24(20)34/h7-8,14-16,18H,3-6,9-13,17H2,1-2H3,(H,27,28,30,31)/t18-/m1/s1. The Balaban J connectivity index is 1.29. The quantitative estimate of drug-likeness (QED) is 0.590. The van der Waals surface area contributed by atoms with Crippen LogP contribution in [0, 0.1) is 5.82 Å². The lowest BCUT2D eigenvalue weighted by atomic mass is 9.97. The van der Waals surface area contributed by atoms with Crippen molar-refractivity contribution in [2.75, 3.05) is 38.0 Å². The third-order valence-electron chi connectivity index (χ3n) is 6.99. The van der Waals surface area contributed by atoms with E-state index in [0.29, 0.717) is 17.7 Å². The summed E-state index contributed by atoms with van der Waals surface area (Å²) in [6, 6.07) is 4.00. The smallest absolute Gasteiger partial charge is 0.229 e. The molecule has 0 aromatic carbocycles. The summed E-state index contributed by atoms with van der Waals surface area (Å²) in [6.07, 6.45) is 8.16. The Morgan fingerprint density at radius 3 is 2.59 bits per heavy atom. The Hall–Kier alpha value is -2.91. The molecule has 1 N–H and O–H groups in total. The van der Waals surface area contributed by atoms with Crippen LogP contribution in [0.2, 0.25) is 0 Å². The molecule has 0 saturated carbocycles. The molecule has 5 rings (SSSR count). The van der Waals surface area contributed by atoms with E-state index in [2.05, 4.69) is 55.1 Å². The SMILES string of the molecule is CCN1CCN(Cc2ccc(Nc3ncc(F)c(-c4cnn5c4[C@H](C)CCCC5)n3)nc2)CC1. The van der Waals surface area contributed by atoms with E-state index in [1.54, 1.807) is 6.20 Å². The number of hydrogen-bond acceptors (Lipinski definition) is 7. The second-order valence-electron chi connectivity index (χ2n) is 9.34. The van der Waals surface area contributed by atoms with Crippen molar-refractivity contribution >= 4 is 11.8 Å². The minimum Gasteiger partial charge on any atom is -0.309 e. The summed E-state index contributed by atoms with van der Waals surface area (Å²) in [5, 5.41) is 7.65. The molecule has 0 amide bonds. The Labute approximate surface area is 200 Å². The molecular weight excluding hydrogens is 431 g/mol. The molecule has 34 heavy (non-hydrogen) atoms. The molecule has 0 unspecified atom stereocenters. The summed E-state index contributed by atoms with van der Waals surface area (Å²) >= 11 is 0. The van der Waals surface area contributed by atoms with Crippen LogP contribution in [0.25, 0.3) is 11.3 Å². The van der Waals surface area contributed by atoms with E-state index < -0.39 is 5.82 Å². The number of nitrogens with one attached hydrogen (secondary N) is 1. The van der Waals surface area contributed by atoms with Gasteiger partial charge in [0.15, 0.2) is 5.82 Å². The van der Waals surface area contributed by atoms with Gasteiger partial charge in [-0.05, 0) is 36.9 Å². The van der Waals surface area contributed by atoms with Crippen LogP contribution in [0.4, 0.5) is 16.2 Å². The predicted molar refractivity (Wildman–Crippen MR) is 130 cm³/mol. The fourth-order valence-corrected chi connectivity index (χ4v) is 4.97. The molecule has 1 atom stereocenters. The van der Waals surface area contributed by atoms with Gasteiger partial charge in [-0.25, -0.2) is 19.3 Å². The van der Waals surface area contributed by atoms with E-state index in [1.807, 2.05) is 16.9 Å². The first-order valence-corrected chi connectivity index (χ1v) is 12.4. The van der Waals surface area contributed by atoms with E-state index in [4.69, 9.17) is 0 Å². The maximum atomic E-state index is 14.8. The molecule has 1 fully saturated rings. The van der Waals surface area contributed by atoms with E-state index in [0.717, 1.165) is 76.3 Å². The number of anilines is 2. The van der Waals surface area contributed by atoms with Crippen molar-refractivity contribution in [3.05, 3.63) is 47.8 Å². The number of piperazine rings is 1. The van der Waals surface area contributed by atoms with Gasteiger partial charge in [0.2, 0.25) is 5.95 Å². The summed E-state index contributed by atoms with van der Waals surface area (Å²) < 4.78 is 16.8. The topological polar surface area (TPSA) is 75.0 Å². The zero-order chi connectivity index (χ0) is 23.5. The Bertz CT molecular complexity index is 1100. The second kappa shape index (κ2) is 10.1. The Kier molecular flexibility index (Phi) is 6.82. The molecule has 0 aliphatic carbocycles. The fourth-order valence-electron chi connectivity index (χ4n) is 4.97. The maximum absolute atomic E-state index is 14.8. The average molecular weight is 465 g/mol. The second-order valence-corrected chi connectivity index (χ2v) is 9.34. The van der Waals surface area contributed by atoms with E-state index >= 15 is 0 Å². The van der Waals surface area contributed by atoms with Crippen LogP contribution in [0.15, 0.2) is 30.7 Å². The van der Waals surface area contributed by atoms with Crippen LogP contribution in [-0.2, 0) is 13.1 Å². The molecule has 0 bridgehead atoms. The van der Waals surface area contributed by atoms with Gasteiger partial charge in [-0.15, -0.1) is 0 Å². The summed E-state index contributed by atoms with van der Waals surface area (Å²) in [7, 11) is 0. The minimum absolute atomic E-state index is 0.287. The van der Waals surface area contributed by atoms with Crippen LogP contribution in [0.3, 0.4) is 0 Å². The van der Waals surface area contributed by atoms with Gasteiger partial charge in [0, 0.05) is 51.0 Å². The number of likely N-dealkylation sites (N-methyl/N-ethyl adjacent to an activating group) is 1. The molecule has 3 aromatic rings. The summed E-state index contributed by atoms with van der Waals surface area (Å²) in [5.74, 6) is 0.835. The Morgan fingerprint density at radius 2 is 1.82 bits per heavy atom. The van der Waals surface area contributed by atoms with Crippen molar-refractivity contribution in [2.24, 2.45) is 0 Å². The number of pyridine rings is 1. The molecule has 5 heterocycles. The van der Waals surface area contributed by atoms with E-state index in [1.165, 1.54) is 11.8 Å². The third kappa shape index (κ3) is 4.95. The molecule has 3 aromatic heterocycles. The molecule has 2 aliphatic rings. The molecule has 8 nitrogen and oxygen atoms in total. The number of halogens is 1. The minimum atomic E-state index is -0.440. The Morgan fingerprint density at radius 1 is 1.00 bits per heavy atom. The monoisotopic (exact) mass is 464 g/mol. The van der Waals surface area contributed by atoms with Gasteiger partial charge in [0.25, 0.3) is 0 Å². The molecule has 9 heteroatoms. The zero-order valence-corrected chi connectivity index (χ0v) is 20.0. The van der Waals surface area contributed by atoms with Gasteiger partial charge in [0.1, 0.15) is 11.5 Å². The summed E-state index contributed by atoms with van der Waals surface area (Å²) in [5.41, 5.74) is 3.27. The van der Waals surface area contributed by atoms with Crippen LogP contribution < -0.4 is 5.32 Å². The van der Waals surface area contributed by atoms with Crippen LogP contribution in [-0.4, -0.2) is 67.3 Å². The first-order chi connectivity index (χ1) is 16.6. The first-order valence-electron chi connectivity index (χ1n) is 12.4. The lowest BCUT2D eigenvalue weighted by Gasteiger charge is -2.33. The number of rotatable bonds is 6. The highest BCUT2D eigenvalue weighted by atomic mass is 19.1. The molecular formula is C25H33FN8. The van der Waals surface area contributed by atoms with Crippen molar-refractivity contribution < 1.29 is 4.39 Å². The van der Waals surface area contributed by atoms with Crippen molar-refractivity contribution in [3.63, 3.8) is 0 Å². The number of fused-ring (bicyclic) bond motifs is 1. The van der Waals surface area contributed by atoms with E-state index in [9.17, 15) is 4.39 Å². The molecule has 2 aliphatic heterocycles. The van der Waals surface area contributed by atoms with Gasteiger partial charge in [-0.1, -0.05) is 26.3 Å². The van der Waals surface area contributed by atoms with Crippen molar-refractivity contribution in [1.29, 1.82) is 0 Å². The molecule has 0 radical (unpaired) electrons. The van der Waals surface area contributed by atoms with Crippen LogP contribution in [0.5, 0.6) is 0 Å². The number of nitrogens with zero attached hydrogens (tertiary/aromatic N) is 7. The highest BCUT2D eigenvalue weighted by molar-refractivity contribution is 5.64. The number of aryl methyl sites for hydroxylation is 1. The van der Waals surface area contributed by atoms with E-state index in [-0.39, 0.29) is 5.69 Å². The van der Waals surface area contributed by atoms with Crippen LogP contribution in [0.1, 0.15) is 50.3 Å². The van der Waals surface area contributed by atoms with Crippen molar-refractivity contribution in [3.8, 4) is 11.3 Å². The normalized spacial score (nSPS) is 19.6. The lowest BCUT2D eigenvalue weighted by molar-refractivity contribution is 0.132. The lowest BCUT2D eigenvalue weighted by Crippen LogP contribution is -2.45. The van der Waals surface area contributed by atoms with Crippen molar-refractivity contribution in [2.45, 2.75) is 52.1 Å². The molecule has 0 spiro atoms. The fraction of sp³-hybridized carbons (Fsp3) is 0.520. The highest BCUT2D eigenvalue weighted by Gasteiger charge is 2.24. The maximum Gasteiger partial charge on any atom is 0.229 e. The molecule has 180 valence electrons.